The summed E-state index contributed by atoms with van der Waals surface area (Å²) in [6, 6.07) is 14.8. The van der Waals surface area contributed by atoms with Crippen molar-refractivity contribution in [1.82, 2.24) is 20.6 Å². The van der Waals surface area contributed by atoms with Gasteiger partial charge in [0.1, 0.15) is 0 Å². The highest BCUT2D eigenvalue weighted by atomic mass is 16.5. The van der Waals surface area contributed by atoms with E-state index in [9.17, 15) is 14.4 Å². The number of carbonyl (C=O) groups excluding carboxylic acids is 3. The van der Waals surface area contributed by atoms with Gasteiger partial charge in [-0.2, -0.15) is 0 Å². The Labute approximate surface area is 217 Å². The van der Waals surface area contributed by atoms with Crippen molar-refractivity contribution in [2.24, 2.45) is 0 Å². The summed E-state index contributed by atoms with van der Waals surface area (Å²) in [4.78, 5) is 40.9. The average molecular weight is 507 g/mol. The van der Waals surface area contributed by atoms with Gasteiger partial charge in [0.15, 0.2) is 5.54 Å². The zero-order chi connectivity index (χ0) is 27.0. The van der Waals surface area contributed by atoms with Crippen molar-refractivity contribution in [3.05, 3.63) is 70.8 Å². The van der Waals surface area contributed by atoms with Gasteiger partial charge in [-0.1, -0.05) is 24.0 Å². The molecule has 0 radical (unpaired) electrons. The maximum Gasteiger partial charge on any atom is 0.278 e. The van der Waals surface area contributed by atoms with Crippen LogP contribution in [0.1, 0.15) is 46.8 Å². The van der Waals surface area contributed by atoms with Crippen molar-refractivity contribution in [1.29, 1.82) is 0 Å². The van der Waals surface area contributed by atoms with Crippen molar-refractivity contribution in [2.75, 3.05) is 34.3 Å². The summed E-state index contributed by atoms with van der Waals surface area (Å²) in [5.74, 6) is 3.91. The smallest absolute Gasteiger partial charge is 0.278 e. The summed E-state index contributed by atoms with van der Waals surface area (Å²) in [5.41, 5.74) is 2.63. The Morgan fingerprint density at radius 2 is 1.57 bits per heavy atom. The molecule has 3 amide bonds. The van der Waals surface area contributed by atoms with Crippen LogP contribution in [0.4, 0.5) is 0 Å². The molecule has 3 N–H and O–H groups in total. The van der Waals surface area contributed by atoms with E-state index in [0.29, 0.717) is 11.7 Å². The van der Waals surface area contributed by atoms with E-state index in [-0.39, 0.29) is 5.56 Å². The van der Waals surface area contributed by atoms with Crippen LogP contribution in [0.25, 0.3) is 0 Å². The molecular formula is C28H34N4O5. The SMILES string of the molecule is CNC(=O)[C@@](C)(C(=O)NO)N(C)C(=O)c1ccc(C#Cc2ccc(CN3CCC(OC)CC3)cc2)cc1. The van der Waals surface area contributed by atoms with E-state index in [1.165, 1.54) is 32.1 Å². The second kappa shape index (κ2) is 12.5. The second-order valence-corrected chi connectivity index (χ2v) is 9.19. The summed E-state index contributed by atoms with van der Waals surface area (Å²) in [6.45, 7) is 4.23. The molecule has 1 atom stereocenters. The predicted molar refractivity (Wildman–Crippen MR) is 139 cm³/mol. The molecule has 1 fully saturated rings. The topological polar surface area (TPSA) is 111 Å². The van der Waals surface area contributed by atoms with E-state index in [4.69, 9.17) is 9.94 Å². The number of likely N-dealkylation sites (N-methyl/N-ethyl adjacent to an activating group) is 2. The van der Waals surface area contributed by atoms with Gasteiger partial charge in [-0.3, -0.25) is 24.5 Å². The van der Waals surface area contributed by atoms with E-state index in [2.05, 4.69) is 34.2 Å². The van der Waals surface area contributed by atoms with E-state index in [1.54, 1.807) is 31.4 Å². The number of rotatable bonds is 7. The molecule has 1 aliphatic heterocycles. The maximum atomic E-state index is 13.0. The van der Waals surface area contributed by atoms with Gasteiger partial charge in [0.25, 0.3) is 17.7 Å². The second-order valence-electron chi connectivity index (χ2n) is 9.19. The minimum absolute atomic E-state index is 0.271. The first-order valence-corrected chi connectivity index (χ1v) is 12.1. The molecule has 196 valence electrons. The van der Waals surface area contributed by atoms with Crippen LogP contribution >= 0.6 is 0 Å². The molecule has 2 aromatic carbocycles. The number of piperidine rings is 1. The molecule has 0 saturated carbocycles. The maximum absolute atomic E-state index is 13.0. The average Bonchev–Trinajstić information content (AvgIpc) is 2.95. The highest BCUT2D eigenvalue weighted by Gasteiger charge is 2.47. The summed E-state index contributed by atoms with van der Waals surface area (Å²) < 4.78 is 5.44. The van der Waals surface area contributed by atoms with Gasteiger partial charge in [0.2, 0.25) is 0 Å². The Hall–Kier alpha value is -3.71. The van der Waals surface area contributed by atoms with E-state index in [0.717, 1.165) is 42.9 Å². The first kappa shape index (κ1) is 27.9. The van der Waals surface area contributed by atoms with Crippen LogP contribution in [0.15, 0.2) is 48.5 Å². The number of amides is 3. The van der Waals surface area contributed by atoms with Gasteiger partial charge < -0.3 is 15.0 Å². The van der Waals surface area contributed by atoms with Gasteiger partial charge >= 0.3 is 0 Å². The van der Waals surface area contributed by atoms with Crippen LogP contribution in [0.2, 0.25) is 0 Å². The van der Waals surface area contributed by atoms with Gasteiger partial charge in [-0.15, -0.1) is 0 Å². The summed E-state index contributed by atoms with van der Waals surface area (Å²) in [5, 5.41) is 11.4. The van der Waals surface area contributed by atoms with Crippen LogP contribution < -0.4 is 10.8 Å². The van der Waals surface area contributed by atoms with Crippen molar-refractivity contribution in [3.63, 3.8) is 0 Å². The Morgan fingerprint density at radius 1 is 1.03 bits per heavy atom. The number of hydrogen-bond acceptors (Lipinski definition) is 6. The van der Waals surface area contributed by atoms with E-state index >= 15 is 0 Å². The van der Waals surface area contributed by atoms with Crippen LogP contribution in [0.5, 0.6) is 0 Å². The number of methoxy groups -OCH3 is 1. The van der Waals surface area contributed by atoms with Crippen molar-refractivity contribution in [2.45, 2.75) is 38.0 Å². The number of nitrogens with one attached hydrogen (secondary N) is 2. The first-order valence-electron chi connectivity index (χ1n) is 12.1. The van der Waals surface area contributed by atoms with Gasteiger partial charge in [-0.05, 0) is 61.7 Å². The third-order valence-corrected chi connectivity index (χ3v) is 6.90. The lowest BCUT2D eigenvalue weighted by atomic mass is 9.96. The highest BCUT2D eigenvalue weighted by Crippen LogP contribution is 2.19. The summed E-state index contributed by atoms with van der Waals surface area (Å²) >= 11 is 0. The van der Waals surface area contributed by atoms with Gasteiger partial charge in [-0.25, -0.2) is 5.48 Å². The van der Waals surface area contributed by atoms with Crippen LogP contribution in [0, 0.1) is 11.8 Å². The Balaban J connectivity index is 1.64. The molecule has 1 heterocycles. The lowest BCUT2D eigenvalue weighted by molar-refractivity contribution is -0.148. The van der Waals surface area contributed by atoms with Gasteiger partial charge in [0.05, 0.1) is 6.10 Å². The number of hydroxylamine groups is 1. The molecule has 0 unspecified atom stereocenters. The zero-order valence-electron chi connectivity index (χ0n) is 21.7. The first-order chi connectivity index (χ1) is 17.7. The fourth-order valence-corrected chi connectivity index (χ4v) is 4.25. The van der Waals surface area contributed by atoms with Crippen molar-refractivity contribution < 1.29 is 24.3 Å². The molecule has 0 aliphatic carbocycles. The fourth-order valence-electron chi connectivity index (χ4n) is 4.25. The fraction of sp³-hybridized carbons (Fsp3) is 0.393. The molecule has 0 aromatic heterocycles. The Kier molecular flexibility index (Phi) is 9.42. The summed E-state index contributed by atoms with van der Waals surface area (Å²) in [6.07, 6.45) is 2.50. The summed E-state index contributed by atoms with van der Waals surface area (Å²) in [7, 11) is 4.45. The lowest BCUT2D eigenvalue weighted by Gasteiger charge is -2.34. The van der Waals surface area contributed by atoms with Crippen LogP contribution in [-0.2, 0) is 20.9 Å². The molecular weight excluding hydrogens is 472 g/mol. The molecule has 1 saturated heterocycles. The zero-order valence-corrected chi connectivity index (χ0v) is 21.7. The Morgan fingerprint density at radius 3 is 2.05 bits per heavy atom. The lowest BCUT2D eigenvalue weighted by Crippen LogP contribution is -2.64. The molecule has 9 nitrogen and oxygen atoms in total. The number of nitrogens with zero attached hydrogens (tertiary/aromatic N) is 2. The number of carbonyl (C=O) groups is 3. The highest BCUT2D eigenvalue weighted by molar-refractivity contribution is 6.12. The molecule has 37 heavy (non-hydrogen) atoms. The predicted octanol–water partition coefficient (Wildman–Crippen LogP) is 1.78. The largest absolute Gasteiger partial charge is 0.381 e. The number of benzene rings is 2. The van der Waals surface area contributed by atoms with E-state index < -0.39 is 23.3 Å². The monoisotopic (exact) mass is 506 g/mol. The molecule has 9 heteroatoms. The number of hydrogen-bond donors (Lipinski definition) is 3. The molecule has 0 bridgehead atoms. The van der Waals surface area contributed by atoms with Gasteiger partial charge in [0, 0.05) is 57.5 Å². The molecule has 3 rings (SSSR count). The number of likely N-dealkylation sites (tertiary alicyclic amines) is 1. The standard InChI is InChI=1S/C28H34N4O5/c1-28(26(34)29-2,27(35)30-36)31(3)25(33)23-13-11-21(12-14-23)6-5-20-7-9-22(10-8-20)19-32-17-15-24(37-4)16-18-32/h7-14,24,36H,15-19H2,1-4H3,(H,29,34)(H,30,35)/t28-/m0/s1. The van der Waals surface area contributed by atoms with Crippen LogP contribution in [0.3, 0.4) is 0 Å². The number of ether oxygens (including phenoxy) is 1. The molecule has 0 spiro atoms. The minimum atomic E-state index is -1.94. The third-order valence-electron chi connectivity index (χ3n) is 6.90. The minimum Gasteiger partial charge on any atom is -0.381 e. The normalized spacial score (nSPS) is 15.6. The van der Waals surface area contributed by atoms with Crippen molar-refractivity contribution >= 4 is 17.7 Å². The third kappa shape index (κ3) is 6.54. The van der Waals surface area contributed by atoms with E-state index in [1.807, 2.05) is 12.1 Å². The Bertz CT molecular complexity index is 1140. The molecule has 2 aromatic rings. The molecule has 1 aliphatic rings. The van der Waals surface area contributed by atoms with Crippen LogP contribution in [-0.4, -0.2) is 78.7 Å². The quantitative estimate of drug-likeness (QED) is 0.229. The van der Waals surface area contributed by atoms with Crippen molar-refractivity contribution in [3.8, 4) is 11.8 Å².